The molecule has 0 saturated carbocycles. The Morgan fingerprint density at radius 1 is 1.39 bits per heavy atom. The van der Waals surface area contributed by atoms with Crippen molar-refractivity contribution in [3.63, 3.8) is 0 Å². The van der Waals surface area contributed by atoms with Crippen LogP contribution < -0.4 is 5.73 Å². The maximum absolute atomic E-state index is 5.50. The summed E-state index contributed by atoms with van der Waals surface area (Å²) in [6.45, 7) is 2.32. The van der Waals surface area contributed by atoms with Gasteiger partial charge in [-0.3, -0.25) is 0 Å². The fourth-order valence-corrected chi connectivity index (χ4v) is 2.49. The van der Waals surface area contributed by atoms with E-state index in [4.69, 9.17) is 15.2 Å². The van der Waals surface area contributed by atoms with Crippen molar-refractivity contribution in [1.82, 2.24) is 20.0 Å². The molecule has 2 aromatic rings. The Bertz CT molecular complexity index is 583. The molecule has 0 fully saturated rings. The molecule has 3 rings (SSSR count). The molecule has 2 N–H and O–H groups in total. The fraction of sp³-hybridized carbons (Fsp3) is 0.300. The van der Waals surface area contributed by atoms with Crippen LogP contribution in [0.25, 0.3) is 0 Å². The number of anilines is 1. The summed E-state index contributed by atoms with van der Waals surface area (Å²) in [6, 6.07) is 0. The van der Waals surface area contributed by atoms with E-state index in [9.17, 15) is 0 Å². The van der Waals surface area contributed by atoms with Crippen molar-refractivity contribution < 1.29 is 9.47 Å². The van der Waals surface area contributed by atoms with Crippen LogP contribution in [0.2, 0.25) is 0 Å². The van der Waals surface area contributed by atoms with Gasteiger partial charge >= 0.3 is 0 Å². The molecule has 7 nitrogen and oxygen atoms in total. The van der Waals surface area contributed by atoms with Crippen molar-refractivity contribution in [2.24, 2.45) is 0 Å². The highest BCUT2D eigenvalue weighted by atomic mass is 32.1. The summed E-state index contributed by atoms with van der Waals surface area (Å²) < 4.78 is 10.8. The molecule has 8 heteroatoms. The van der Waals surface area contributed by atoms with Crippen molar-refractivity contribution in [2.45, 2.75) is 19.3 Å². The maximum Gasteiger partial charge on any atom is 0.284 e. The Labute approximate surface area is 107 Å². The molecule has 1 aliphatic rings. The molecule has 2 aromatic heterocycles. The first kappa shape index (κ1) is 11.0. The molecule has 0 bridgehead atoms. The topological polar surface area (TPSA) is 88.1 Å². The van der Waals surface area contributed by atoms with Crippen LogP contribution in [0.4, 0.5) is 5.82 Å². The third kappa shape index (κ3) is 1.90. The van der Waals surface area contributed by atoms with E-state index < -0.39 is 5.79 Å². The van der Waals surface area contributed by atoms with Gasteiger partial charge in [-0.1, -0.05) is 0 Å². The molecule has 0 spiro atoms. The summed E-state index contributed by atoms with van der Waals surface area (Å²) in [7, 11) is 0. The van der Waals surface area contributed by atoms with E-state index in [0.29, 0.717) is 12.4 Å². The van der Waals surface area contributed by atoms with Crippen LogP contribution in [0.1, 0.15) is 16.8 Å². The van der Waals surface area contributed by atoms with E-state index in [0.717, 1.165) is 9.88 Å². The zero-order chi connectivity index (χ0) is 12.6. The average Bonchev–Trinajstić information content (AvgIpc) is 3.02. The number of thiazole rings is 1. The molecule has 0 atom stereocenters. The molecule has 0 radical (unpaired) electrons. The highest BCUT2D eigenvalue weighted by Crippen LogP contribution is 2.34. The molecule has 94 valence electrons. The first-order valence-corrected chi connectivity index (χ1v) is 6.09. The predicted molar refractivity (Wildman–Crippen MR) is 64.3 cm³/mol. The molecule has 0 saturated heterocycles. The lowest BCUT2D eigenvalue weighted by molar-refractivity contribution is -0.130. The summed E-state index contributed by atoms with van der Waals surface area (Å²) in [5, 5.41) is 8.87. The summed E-state index contributed by atoms with van der Waals surface area (Å²) in [5.74, 6) is -0.377. The number of nitrogens with two attached hydrogens (primary N) is 1. The van der Waals surface area contributed by atoms with E-state index >= 15 is 0 Å². The third-order valence-corrected chi connectivity index (χ3v) is 3.64. The number of ether oxygens (including phenoxy) is 2. The van der Waals surface area contributed by atoms with Crippen LogP contribution in [0.3, 0.4) is 0 Å². The second-order valence-corrected chi connectivity index (χ2v) is 4.99. The molecular formula is C10H11N5O2S. The monoisotopic (exact) mass is 265 g/mol. The Hall–Kier alpha value is -2.09. The normalized spacial score (nSPS) is 16.5. The van der Waals surface area contributed by atoms with Gasteiger partial charge in [0, 0.05) is 13.1 Å². The zero-order valence-corrected chi connectivity index (χ0v) is 10.4. The van der Waals surface area contributed by atoms with Crippen LogP contribution in [0, 0.1) is 0 Å². The van der Waals surface area contributed by atoms with Crippen LogP contribution in [0.15, 0.2) is 24.9 Å². The van der Waals surface area contributed by atoms with Gasteiger partial charge < -0.3 is 15.2 Å². The van der Waals surface area contributed by atoms with Gasteiger partial charge in [0.15, 0.2) is 5.82 Å². The molecule has 1 aliphatic heterocycles. The summed E-state index contributed by atoms with van der Waals surface area (Å²) in [6.07, 6.45) is 6.28. The molecule has 0 amide bonds. The van der Waals surface area contributed by atoms with E-state index in [-0.39, 0.29) is 0 Å². The number of nitrogen functional groups attached to an aromatic ring is 1. The van der Waals surface area contributed by atoms with E-state index in [1.807, 2.05) is 6.92 Å². The highest BCUT2D eigenvalue weighted by Gasteiger charge is 2.34. The third-order valence-electron chi connectivity index (χ3n) is 2.47. The van der Waals surface area contributed by atoms with Gasteiger partial charge in [0.25, 0.3) is 5.79 Å². The smallest absolute Gasteiger partial charge is 0.284 e. The quantitative estimate of drug-likeness (QED) is 0.892. The molecule has 0 aliphatic carbocycles. The van der Waals surface area contributed by atoms with Crippen LogP contribution >= 0.6 is 11.3 Å². The summed E-state index contributed by atoms with van der Waals surface area (Å²) >= 11 is 1.49. The van der Waals surface area contributed by atoms with Crippen molar-refractivity contribution in [1.29, 1.82) is 0 Å². The standard InChI is InChI=1S/C10H11N5O2S/c1-10(16-2-3-17-10)7-4-12-9(18-7)6-15-13-5-8(11)14-15/h2-5H,6H2,1H3,(H2,11,14). The van der Waals surface area contributed by atoms with Crippen LogP contribution in [0.5, 0.6) is 0 Å². The summed E-state index contributed by atoms with van der Waals surface area (Å²) in [5.41, 5.74) is 5.50. The van der Waals surface area contributed by atoms with E-state index in [2.05, 4.69) is 15.2 Å². The van der Waals surface area contributed by atoms with E-state index in [1.165, 1.54) is 34.9 Å². The first-order valence-electron chi connectivity index (χ1n) is 5.27. The second-order valence-electron chi connectivity index (χ2n) is 3.87. The van der Waals surface area contributed by atoms with Crippen molar-refractivity contribution in [2.75, 3.05) is 5.73 Å². The Morgan fingerprint density at radius 3 is 2.83 bits per heavy atom. The minimum absolute atomic E-state index is 0.394. The summed E-state index contributed by atoms with van der Waals surface area (Å²) in [4.78, 5) is 6.69. The number of rotatable bonds is 3. The SMILES string of the molecule is CC1(c2cnc(Cn3ncc(N)n3)s2)OC=CO1. The maximum atomic E-state index is 5.50. The largest absolute Gasteiger partial charge is 0.452 e. The van der Waals surface area contributed by atoms with Gasteiger partial charge in [-0.15, -0.1) is 16.4 Å². The Kier molecular flexibility index (Phi) is 2.44. The van der Waals surface area contributed by atoms with Crippen LogP contribution in [-0.4, -0.2) is 20.0 Å². The lowest BCUT2D eigenvalue weighted by atomic mass is 10.3. The predicted octanol–water partition coefficient (Wildman–Crippen LogP) is 1.06. The lowest BCUT2D eigenvalue weighted by Gasteiger charge is -2.20. The van der Waals surface area contributed by atoms with Crippen molar-refractivity contribution >= 4 is 17.2 Å². The van der Waals surface area contributed by atoms with Gasteiger partial charge in [0.1, 0.15) is 29.0 Å². The molecule has 18 heavy (non-hydrogen) atoms. The van der Waals surface area contributed by atoms with Gasteiger partial charge in [0.2, 0.25) is 0 Å². The average molecular weight is 265 g/mol. The molecular weight excluding hydrogens is 254 g/mol. The molecule has 0 aromatic carbocycles. The Balaban J connectivity index is 1.77. The highest BCUT2D eigenvalue weighted by molar-refractivity contribution is 7.11. The van der Waals surface area contributed by atoms with Gasteiger partial charge in [-0.05, 0) is 0 Å². The van der Waals surface area contributed by atoms with Gasteiger partial charge in [0.05, 0.1) is 6.20 Å². The zero-order valence-electron chi connectivity index (χ0n) is 9.61. The number of hydrogen-bond acceptors (Lipinski definition) is 7. The first-order chi connectivity index (χ1) is 8.66. The lowest BCUT2D eigenvalue weighted by Crippen LogP contribution is -2.20. The number of hydrogen-bond donors (Lipinski definition) is 1. The van der Waals surface area contributed by atoms with Crippen molar-refractivity contribution in [3.05, 3.63) is 34.8 Å². The molecule has 0 unspecified atom stereocenters. The molecule has 3 heterocycles. The van der Waals surface area contributed by atoms with Crippen molar-refractivity contribution in [3.8, 4) is 0 Å². The van der Waals surface area contributed by atoms with E-state index in [1.54, 1.807) is 6.20 Å². The van der Waals surface area contributed by atoms with Crippen LogP contribution in [-0.2, 0) is 21.8 Å². The minimum atomic E-state index is -0.771. The van der Waals surface area contributed by atoms with Gasteiger partial charge in [-0.2, -0.15) is 9.90 Å². The number of nitrogens with zero attached hydrogens (tertiary/aromatic N) is 4. The fourth-order valence-electron chi connectivity index (χ4n) is 1.56. The Morgan fingerprint density at radius 2 is 2.17 bits per heavy atom. The van der Waals surface area contributed by atoms with Gasteiger partial charge in [-0.25, -0.2) is 4.98 Å². The number of aromatic nitrogens is 4. The second kappa shape index (κ2) is 3.98. The minimum Gasteiger partial charge on any atom is -0.452 e.